The fourth-order valence-electron chi connectivity index (χ4n) is 5.33. The molecular weight excluding hydrogens is 250 g/mol. The molecule has 3 nitrogen and oxygen atoms in total. The van der Waals surface area contributed by atoms with Crippen LogP contribution in [0.3, 0.4) is 0 Å². The van der Waals surface area contributed by atoms with Gasteiger partial charge in [0.15, 0.2) is 11.5 Å². The molecule has 4 bridgehead atoms. The highest BCUT2D eigenvalue weighted by molar-refractivity contribution is 5.44. The number of hydrogen-bond donors (Lipinski definition) is 3. The van der Waals surface area contributed by atoms with Crippen LogP contribution in [0.2, 0.25) is 0 Å². The number of nitrogens with one attached hydrogen (secondary N) is 1. The van der Waals surface area contributed by atoms with E-state index in [0.29, 0.717) is 12.1 Å². The summed E-state index contributed by atoms with van der Waals surface area (Å²) in [5.41, 5.74) is 1.10. The Hall–Kier alpha value is -1.22. The summed E-state index contributed by atoms with van der Waals surface area (Å²) in [6.07, 6.45) is 8.24. The average molecular weight is 273 g/mol. The number of phenolic OH excluding ortho intramolecular Hbond substituents is 2. The lowest BCUT2D eigenvalue weighted by molar-refractivity contribution is -0.0206. The molecule has 4 aliphatic rings. The van der Waals surface area contributed by atoms with E-state index in [9.17, 15) is 10.2 Å². The largest absolute Gasteiger partial charge is 0.504 e. The highest BCUT2D eigenvalue weighted by Crippen LogP contribution is 2.55. The van der Waals surface area contributed by atoms with Gasteiger partial charge in [0.05, 0.1) is 0 Å². The van der Waals surface area contributed by atoms with Crippen molar-refractivity contribution in [3.63, 3.8) is 0 Å². The third-order valence-corrected chi connectivity index (χ3v) is 5.79. The van der Waals surface area contributed by atoms with Gasteiger partial charge in [0.1, 0.15) is 0 Å². The minimum atomic E-state index is -0.0187. The molecule has 3 heteroatoms. The molecule has 0 radical (unpaired) electrons. The number of benzene rings is 1. The van der Waals surface area contributed by atoms with Crippen molar-refractivity contribution in [2.75, 3.05) is 0 Å². The Morgan fingerprint density at radius 3 is 2.20 bits per heavy atom. The maximum Gasteiger partial charge on any atom is 0.161 e. The van der Waals surface area contributed by atoms with Crippen LogP contribution < -0.4 is 5.32 Å². The molecular formula is C17H23NO2. The first-order chi connectivity index (χ1) is 9.63. The van der Waals surface area contributed by atoms with E-state index in [4.69, 9.17) is 0 Å². The van der Waals surface area contributed by atoms with E-state index in [2.05, 4.69) is 5.32 Å². The number of phenols is 2. The molecule has 0 unspecified atom stereocenters. The molecule has 1 aromatic carbocycles. The molecule has 4 fully saturated rings. The number of hydrogen-bond acceptors (Lipinski definition) is 3. The Bertz CT molecular complexity index is 490. The average Bonchev–Trinajstić information content (AvgIpc) is 2.39. The number of rotatable bonds is 3. The zero-order valence-electron chi connectivity index (χ0n) is 11.8. The quantitative estimate of drug-likeness (QED) is 0.742. The topological polar surface area (TPSA) is 52.5 Å². The van der Waals surface area contributed by atoms with Gasteiger partial charge in [-0.25, -0.2) is 0 Å². The van der Waals surface area contributed by atoms with Gasteiger partial charge in [0.25, 0.3) is 0 Å². The summed E-state index contributed by atoms with van der Waals surface area (Å²) in [4.78, 5) is 0. The lowest BCUT2D eigenvalue weighted by Gasteiger charge is -2.57. The predicted octanol–water partition coefficient (Wildman–Crippen LogP) is 3.16. The predicted molar refractivity (Wildman–Crippen MR) is 77.5 cm³/mol. The van der Waals surface area contributed by atoms with Gasteiger partial charge in [-0.05, 0) is 62.3 Å². The van der Waals surface area contributed by atoms with E-state index >= 15 is 0 Å². The molecule has 5 rings (SSSR count). The molecule has 0 spiro atoms. The summed E-state index contributed by atoms with van der Waals surface area (Å²) >= 11 is 0. The summed E-state index contributed by atoms with van der Waals surface area (Å²) in [5, 5.41) is 23.2. The second-order valence-electron chi connectivity index (χ2n) is 7.34. The number of aromatic hydroxyl groups is 2. The fraction of sp³-hybridized carbons (Fsp3) is 0.647. The van der Waals surface area contributed by atoms with Gasteiger partial charge < -0.3 is 15.5 Å². The maximum absolute atomic E-state index is 9.92. The fourth-order valence-corrected chi connectivity index (χ4v) is 5.33. The second-order valence-corrected chi connectivity index (χ2v) is 7.34. The molecule has 0 atom stereocenters. The Morgan fingerprint density at radius 1 is 1.00 bits per heavy atom. The highest BCUT2D eigenvalue weighted by Gasteiger charge is 2.50. The van der Waals surface area contributed by atoms with Crippen molar-refractivity contribution in [1.29, 1.82) is 0 Å². The zero-order valence-corrected chi connectivity index (χ0v) is 11.8. The minimum absolute atomic E-state index is 0.0187. The monoisotopic (exact) mass is 273 g/mol. The molecule has 0 saturated heterocycles. The minimum Gasteiger partial charge on any atom is -0.504 e. The van der Waals surface area contributed by atoms with Crippen molar-refractivity contribution in [3.05, 3.63) is 23.8 Å². The van der Waals surface area contributed by atoms with Crippen LogP contribution in [-0.2, 0) is 6.54 Å². The summed E-state index contributed by atoms with van der Waals surface area (Å²) in [6, 6.07) is 5.22. The zero-order chi connectivity index (χ0) is 13.7. The van der Waals surface area contributed by atoms with Gasteiger partial charge in [-0.1, -0.05) is 12.1 Å². The van der Waals surface area contributed by atoms with Gasteiger partial charge in [0.2, 0.25) is 0 Å². The van der Waals surface area contributed by atoms with Crippen LogP contribution in [0.25, 0.3) is 0 Å². The molecule has 0 amide bonds. The van der Waals surface area contributed by atoms with Crippen LogP contribution in [-0.4, -0.2) is 15.8 Å². The van der Waals surface area contributed by atoms with E-state index in [0.717, 1.165) is 23.3 Å². The lowest BCUT2D eigenvalue weighted by Crippen LogP contribution is -2.58. The Morgan fingerprint density at radius 2 is 1.60 bits per heavy atom. The molecule has 0 aliphatic heterocycles. The van der Waals surface area contributed by atoms with Crippen LogP contribution in [0.1, 0.15) is 44.1 Å². The Balaban J connectivity index is 1.50. The van der Waals surface area contributed by atoms with Crippen LogP contribution >= 0.6 is 0 Å². The van der Waals surface area contributed by atoms with Crippen molar-refractivity contribution in [1.82, 2.24) is 5.32 Å². The van der Waals surface area contributed by atoms with Gasteiger partial charge >= 0.3 is 0 Å². The second kappa shape index (κ2) is 4.39. The molecule has 4 saturated carbocycles. The van der Waals surface area contributed by atoms with Gasteiger partial charge in [0, 0.05) is 17.6 Å². The van der Waals surface area contributed by atoms with E-state index in [1.54, 1.807) is 6.07 Å². The molecule has 0 heterocycles. The molecule has 20 heavy (non-hydrogen) atoms. The van der Waals surface area contributed by atoms with Crippen molar-refractivity contribution in [3.8, 4) is 11.5 Å². The molecule has 4 aliphatic carbocycles. The summed E-state index contributed by atoms with van der Waals surface area (Å²) < 4.78 is 0. The Labute approximate surface area is 120 Å². The summed E-state index contributed by atoms with van der Waals surface area (Å²) in [6.45, 7) is 0.659. The van der Waals surface area contributed by atoms with Crippen LogP contribution in [0, 0.1) is 17.8 Å². The first kappa shape index (κ1) is 12.5. The van der Waals surface area contributed by atoms with Crippen LogP contribution in [0.15, 0.2) is 18.2 Å². The number of para-hydroxylation sites is 1. The third kappa shape index (κ3) is 1.99. The molecule has 0 aromatic heterocycles. The smallest absolute Gasteiger partial charge is 0.161 e. The van der Waals surface area contributed by atoms with Gasteiger partial charge in [-0.3, -0.25) is 0 Å². The summed E-state index contributed by atoms with van der Waals surface area (Å²) in [7, 11) is 0. The Kier molecular flexibility index (Phi) is 2.75. The first-order valence-corrected chi connectivity index (χ1v) is 7.88. The first-order valence-electron chi connectivity index (χ1n) is 7.88. The highest BCUT2D eigenvalue weighted by atomic mass is 16.3. The summed E-state index contributed by atoms with van der Waals surface area (Å²) in [5.74, 6) is 2.78. The van der Waals surface area contributed by atoms with E-state index in [1.165, 1.54) is 44.6 Å². The van der Waals surface area contributed by atoms with Crippen LogP contribution in [0.4, 0.5) is 0 Å². The van der Waals surface area contributed by atoms with E-state index in [1.807, 2.05) is 6.07 Å². The normalized spacial score (nSPS) is 38.3. The van der Waals surface area contributed by atoms with E-state index < -0.39 is 0 Å². The van der Waals surface area contributed by atoms with Crippen molar-refractivity contribution >= 4 is 0 Å². The van der Waals surface area contributed by atoms with E-state index in [-0.39, 0.29) is 11.5 Å². The molecule has 108 valence electrons. The standard InChI is InChI=1S/C17H23NO2/c19-15-3-1-2-14(16(15)20)10-18-17-7-11-4-12(8-17)6-13(5-11)9-17/h1-3,11-13,18-20H,4-10H2. The molecule has 1 aromatic rings. The van der Waals surface area contributed by atoms with Crippen molar-refractivity contribution < 1.29 is 10.2 Å². The van der Waals surface area contributed by atoms with Crippen molar-refractivity contribution in [2.45, 2.75) is 50.6 Å². The SMILES string of the molecule is Oc1cccc(CNC23CC4CC(CC(C4)C2)C3)c1O. The van der Waals surface area contributed by atoms with Crippen LogP contribution in [0.5, 0.6) is 11.5 Å². The third-order valence-electron chi connectivity index (χ3n) is 5.79. The van der Waals surface area contributed by atoms with Crippen molar-refractivity contribution in [2.24, 2.45) is 17.8 Å². The lowest BCUT2D eigenvalue weighted by atomic mass is 9.53. The van der Waals surface area contributed by atoms with Gasteiger partial charge in [-0.15, -0.1) is 0 Å². The van der Waals surface area contributed by atoms with Gasteiger partial charge in [-0.2, -0.15) is 0 Å². The maximum atomic E-state index is 9.92. The molecule has 3 N–H and O–H groups in total.